The van der Waals surface area contributed by atoms with Crippen LogP contribution in [0.2, 0.25) is 0 Å². The van der Waals surface area contributed by atoms with Gasteiger partial charge in [-0.3, -0.25) is 14.5 Å². The summed E-state index contributed by atoms with van der Waals surface area (Å²) in [5, 5.41) is 9.76. The predicted octanol–water partition coefficient (Wildman–Crippen LogP) is 22.6. The van der Waals surface area contributed by atoms with Crippen LogP contribution < -0.4 is 0 Å². The Bertz CT molecular complexity index is 2480. The van der Waals surface area contributed by atoms with Crippen molar-refractivity contribution < 1.29 is 19.4 Å². The van der Waals surface area contributed by atoms with Gasteiger partial charge in [0, 0.05) is 69.9 Å². The van der Waals surface area contributed by atoms with E-state index < -0.39 is 0 Å². The van der Waals surface area contributed by atoms with E-state index in [1.165, 1.54) is 167 Å². The van der Waals surface area contributed by atoms with Gasteiger partial charge in [-0.1, -0.05) is 190 Å². The molecule has 77 heavy (non-hydrogen) atoms. The van der Waals surface area contributed by atoms with Crippen molar-refractivity contribution in [2.45, 2.75) is 272 Å². The lowest BCUT2D eigenvalue weighted by atomic mass is 9.86. The van der Waals surface area contributed by atoms with Gasteiger partial charge in [0.05, 0.1) is 16.0 Å². The van der Waals surface area contributed by atoms with Crippen molar-refractivity contribution in [3.05, 3.63) is 56.3 Å². The van der Waals surface area contributed by atoms with Gasteiger partial charge in [0.2, 0.25) is 0 Å². The minimum atomic E-state index is -0.0551. The topological polar surface area (TPSA) is 66.8 Å². The summed E-state index contributed by atoms with van der Waals surface area (Å²) < 4.78 is 9.00. The second-order valence-electron chi connectivity index (χ2n) is 23.6. The van der Waals surface area contributed by atoms with Gasteiger partial charge in [0.15, 0.2) is 0 Å². The molecule has 0 spiro atoms. The van der Waals surface area contributed by atoms with Crippen molar-refractivity contribution >= 4 is 77.9 Å². The van der Waals surface area contributed by atoms with Crippen molar-refractivity contribution in [1.29, 1.82) is 0 Å². The summed E-state index contributed by atoms with van der Waals surface area (Å²) in [7, 11) is 0. The Labute approximate surface area is 488 Å². The Morgan fingerprint density at radius 2 is 0.987 bits per heavy atom. The first-order chi connectivity index (χ1) is 37.5. The molecule has 0 fully saturated rings. The van der Waals surface area contributed by atoms with Crippen LogP contribution in [0.3, 0.4) is 0 Å². The molecule has 0 radical (unpaired) electrons. The average Bonchev–Trinajstić information content (AvgIpc) is 4.50. The molecule has 6 heterocycles. The van der Waals surface area contributed by atoms with E-state index in [1.54, 1.807) is 16.2 Å². The average molecular weight is 1150 g/mol. The number of aliphatic hydroxyl groups is 1. The molecular weight excluding hydrogens is 1040 g/mol. The molecule has 6 rings (SSSR count). The first-order valence-corrected chi connectivity index (χ1v) is 35.6. The molecule has 2 unspecified atom stereocenters. The number of rotatable bonds is 43. The molecule has 5 aromatic heterocycles. The summed E-state index contributed by atoms with van der Waals surface area (Å²) in [4.78, 5) is 41.9. The molecule has 2 atom stereocenters. The molecule has 0 saturated heterocycles. The van der Waals surface area contributed by atoms with Gasteiger partial charge in [-0.05, 0) is 123 Å². The van der Waals surface area contributed by atoms with E-state index in [0.29, 0.717) is 23.6 Å². The van der Waals surface area contributed by atoms with Crippen molar-refractivity contribution in [3.63, 3.8) is 0 Å². The Kier molecular flexibility index (Phi) is 28.5. The minimum Gasteiger partial charge on any atom is -0.396 e. The Morgan fingerprint density at radius 3 is 1.53 bits per heavy atom. The zero-order valence-electron chi connectivity index (χ0n) is 49.6. The van der Waals surface area contributed by atoms with E-state index in [-0.39, 0.29) is 29.8 Å². The van der Waals surface area contributed by atoms with Crippen LogP contribution >= 0.6 is 56.7 Å². The highest BCUT2D eigenvalue weighted by atomic mass is 32.1. The van der Waals surface area contributed by atoms with Crippen molar-refractivity contribution in [2.24, 2.45) is 5.92 Å². The Morgan fingerprint density at radius 1 is 0.506 bits per heavy atom. The van der Waals surface area contributed by atoms with Crippen molar-refractivity contribution in [2.75, 3.05) is 26.4 Å². The smallest absolute Gasteiger partial charge is 0.263 e. The number of carbonyl (C=O) groups excluding carboxylic acids is 2. The van der Waals surface area contributed by atoms with Crippen LogP contribution in [0.4, 0.5) is 0 Å². The summed E-state index contributed by atoms with van der Waals surface area (Å²) in [5.74, 6) is 0.465. The molecule has 5 nitrogen and oxygen atoms in total. The monoisotopic (exact) mass is 1150 g/mol. The molecule has 0 saturated carbocycles. The number of hydrogen-bond acceptors (Lipinski definition) is 9. The second-order valence-corrected chi connectivity index (χ2v) is 28.9. The van der Waals surface area contributed by atoms with Gasteiger partial charge >= 0.3 is 0 Å². The number of imide groups is 1. The van der Waals surface area contributed by atoms with Crippen LogP contribution in [0.15, 0.2) is 24.3 Å². The zero-order chi connectivity index (χ0) is 55.0. The van der Waals surface area contributed by atoms with Gasteiger partial charge in [-0.2, -0.15) is 0 Å². The first-order valence-electron chi connectivity index (χ1n) is 31.5. The Balaban J connectivity index is 1.32. The normalized spacial score (nSPS) is 13.8. The van der Waals surface area contributed by atoms with E-state index in [1.807, 2.05) is 45.3 Å². The highest BCUT2D eigenvalue weighted by Crippen LogP contribution is 2.54. The molecule has 1 aliphatic rings. The first kappa shape index (κ1) is 64.0. The minimum absolute atomic E-state index is 0.0390. The van der Waals surface area contributed by atoms with Crippen LogP contribution in [0, 0.1) is 5.92 Å². The van der Waals surface area contributed by atoms with Gasteiger partial charge in [-0.15, -0.1) is 56.7 Å². The van der Waals surface area contributed by atoms with E-state index in [4.69, 9.17) is 4.74 Å². The number of unbranched alkanes of at least 4 members (excludes halogenated alkanes) is 19. The number of thiophene rings is 5. The maximum atomic E-state index is 15.1. The summed E-state index contributed by atoms with van der Waals surface area (Å²) >= 11 is 9.57. The lowest BCUT2D eigenvalue weighted by molar-refractivity contribution is 0.0621. The predicted molar refractivity (Wildman–Crippen MR) is 342 cm³/mol. The van der Waals surface area contributed by atoms with Crippen LogP contribution in [-0.2, 0) is 23.0 Å². The molecule has 0 bridgehead atoms. The van der Waals surface area contributed by atoms with Crippen LogP contribution in [0.5, 0.6) is 0 Å². The van der Waals surface area contributed by atoms with Crippen LogP contribution in [0.1, 0.15) is 296 Å². The largest absolute Gasteiger partial charge is 0.396 e. The van der Waals surface area contributed by atoms with Gasteiger partial charge in [0.1, 0.15) is 0 Å². The number of amides is 2. The molecule has 0 aromatic carbocycles. The zero-order valence-corrected chi connectivity index (χ0v) is 53.7. The fraction of sp³-hybridized carbons (Fsp3) is 0.701. The van der Waals surface area contributed by atoms with Crippen LogP contribution in [-0.4, -0.2) is 48.2 Å². The fourth-order valence-corrected chi connectivity index (χ4v) is 18.8. The molecule has 10 heteroatoms. The number of carbonyl (C=O) groups is 2. The second kappa shape index (κ2) is 34.3. The third kappa shape index (κ3) is 18.2. The van der Waals surface area contributed by atoms with Gasteiger partial charge < -0.3 is 9.84 Å². The summed E-state index contributed by atoms with van der Waals surface area (Å²) in [6.45, 7) is 20.9. The molecular formula is C67H103NO4S5. The SMILES string of the molecule is CCCCCCCCCCC(CCCCCCCC)CN1C(=O)c2c(-c3ccc(-c4sc5c(CCCCCO)c(-c6ccc(C(C)(C)CCC)s6)sc5c4CCCCCOCCCCCC)s3)sc(C(C)CCC)c2C1=O. The van der Waals surface area contributed by atoms with E-state index in [9.17, 15) is 9.90 Å². The molecule has 2 amide bonds. The molecule has 5 aromatic rings. The Hall–Kier alpha value is -2.18. The fourth-order valence-electron chi connectivity index (χ4n) is 11.9. The van der Waals surface area contributed by atoms with E-state index in [2.05, 4.69) is 79.7 Å². The maximum Gasteiger partial charge on any atom is 0.263 e. The summed E-state index contributed by atoms with van der Waals surface area (Å²) in [6, 6.07) is 9.39. The number of fused-ring (bicyclic) bond motifs is 2. The van der Waals surface area contributed by atoms with Crippen molar-refractivity contribution in [1.82, 2.24) is 4.90 Å². The highest BCUT2D eigenvalue weighted by molar-refractivity contribution is 7.34. The molecule has 430 valence electrons. The van der Waals surface area contributed by atoms with E-state index in [0.717, 1.165) is 111 Å². The molecule has 0 aliphatic carbocycles. The van der Waals surface area contributed by atoms with Crippen LogP contribution in [0.25, 0.3) is 38.7 Å². The third-order valence-corrected chi connectivity index (χ3v) is 23.7. The van der Waals surface area contributed by atoms with Crippen molar-refractivity contribution in [3.8, 4) is 29.3 Å². The number of aryl methyl sites for hydroxylation is 2. The van der Waals surface area contributed by atoms with Gasteiger partial charge in [-0.25, -0.2) is 0 Å². The lowest BCUT2D eigenvalue weighted by Gasteiger charge is -2.23. The summed E-state index contributed by atoms with van der Waals surface area (Å²) in [6.07, 6.45) is 37.8. The summed E-state index contributed by atoms with van der Waals surface area (Å²) in [5.41, 5.74) is 4.52. The number of nitrogens with zero attached hydrogens (tertiary/aromatic N) is 1. The maximum absolute atomic E-state index is 15.1. The van der Waals surface area contributed by atoms with E-state index >= 15 is 4.79 Å². The van der Waals surface area contributed by atoms with Gasteiger partial charge in [0.25, 0.3) is 11.8 Å². The standard InChI is InChI=1S/C67H103NO4S5/c1-9-14-17-20-22-23-25-29-37-50(36-28-24-21-18-15-10-2)48-68-65(70)57-58(66(68)71)64(75-59(57)49(6)35-12-4)55-41-40-53(73-55)60-51(39-31-27-34-47-72-46-33-19-16-11-3)62-63(76-60)52(38-30-26-32-45-69)61(77-62)54-42-43-56(74-54)67(7,8)44-13-5/h40-43,49-50,69H,9-39,44-48H2,1-8H3. The number of ether oxygens (including phenoxy) is 1. The number of hydrogen-bond donors (Lipinski definition) is 1. The highest BCUT2D eigenvalue weighted by Gasteiger charge is 2.43. The quantitative estimate of drug-likeness (QED) is 0.0312. The number of aliphatic hydroxyl groups excluding tert-OH is 1. The third-order valence-electron chi connectivity index (χ3n) is 16.5. The molecule has 1 aliphatic heterocycles. The lowest BCUT2D eigenvalue weighted by Crippen LogP contribution is -2.35. The molecule has 1 N–H and O–H groups in total.